The number of ether oxygens (including phenoxy) is 1. The van der Waals surface area contributed by atoms with E-state index >= 15 is 0 Å². The largest absolute Gasteiger partial charge is 0.462 e. The third kappa shape index (κ3) is 5.03. The Morgan fingerprint density at radius 3 is 2.42 bits per heavy atom. The molecule has 7 heteroatoms. The number of nitriles is 1. The van der Waals surface area contributed by atoms with Crippen LogP contribution in [0.15, 0.2) is 87.9 Å². The Kier molecular flexibility index (Phi) is 7.26. The fourth-order valence-corrected chi connectivity index (χ4v) is 3.93. The average molecular weight is 481 g/mol. The topological polar surface area (TPSA) is 101 Å². The summed E-state index contributed by atoms with van der Waals surface area (Å²) in [6.07, 6.45) is 2.03. The van der Waals surface area contributed by atoms with Gasteiger partial charge in [0.05, 0.1) is 12.2 Å². The molecule has 7 nitrogen and oxygen atoms in total. The van der Waals surface area contributed by atoms with Crippen LogP contribution in [0.3, 0.4) is 0 Å². The van der Waals surface area contributed by atoms with E-state index in [9.17, 15) is 19.6 Å². The first kappa shape index (κ1) is 24.4. The number of nitrogens with zero attached hydrogens (tertiary/aromatic N) is 2. The Bertz CT molecular complexity index is 1410. The number of furan rings is 1. The molecular formula is C29H24N2O5. The van der Waals surface area contributed by atoms with Gasteiger partial charge in [-0.2, -0.15) is 5.26 Å². The van der Waals surface area contributed by atoms with Crippen LogP contribution in [0, 0.1) is 11.3 Å². The highest BCUT2D eigenvalue weighted by Crippen LogP contribution is 2.29. The first-order chi connectivity index (χ1) is 17.4. The van der Waals surface area contributed by atoms with Crippen molar-refractivity contribution < 1.29 is 23.5 Å². The van der Waals surface area contributed by atoms with Crippen molar-refractivity contribution in [3.8, 4) is 17.4 Å². The molecule has 0 spiro atoms. The van der Waals surface area contributed by atoms with E-state index in [-0.39, 0.29) is 17.7 Å². The Morgan fingerprint density at radius 1 is 1.03 bits per heavy atom. The lowest BCUT2D eigenvalue weighted by atomic mass is 9.94. The molecule has 0 unspecified atom stereocenters. The molecule has 0 saturated heterocycles. The quantitative estimate of drug-likeness (QED) is 0.269. The lowest BCUT2D eigenvalue weighted by Crippen LogP contribution is -2.43. The van der Waals surface area contributed by atoms with Crippen LogP contribution >= 0.6 is 0 Å². The zero-order valence-electron chi connectivity index (χ0n) is 20.0. The van der Waals surface area contributed by atoms with Crippen molar-refractivity contribution >= 4 is 23.9 Å². The molecule has 0 fully saturated rings. The van der Waals surface area contributed by atoms with Gasteiger partial charge in [0.15, 0.2) is 0 Å². The molecule has 0 aliphatic carbocycles. The number of imide groups is 1. The van der Waals surface area contributed by atoms with Gasteiger partial charge in [-0.3, -0.25) is 14.5 Å². The number of hydrogen-bond acceptors (Lipinski definition) is 6. The van der Waals surface area contributed by atoms with Gasteiger partial charge in [0.1, 0.15) is 23.2 Å². The second-order valence-electron chi connectivity index (χ2n) is 8.17. The van der Waals surface area contributed by atoms with Crippen molar-refractivity contribution in [3.05, 3.63) is 100 Å². The van der Waals surface area contributed by atoms with E-state index in [2.05, 4.69) is 0 Å². The minimum atomic E-state index is -0.588. The molecule has 36 heavy (non-hydrogen) atoms. The van der Waals surface area contributed by atoms with Crippen LogP contribution in [0.25, 0.3) is 17.4 Å². The molecule has 3 aromatic rings. The van der Waals surface area contributed by atoms with Crippen molar-refractivity contribution in [1.29, 1.82) is 5.26 Å². The van der Waals surface area contributed by atoms with Crippen molar-refractivity contribution in [3.63, 3.8) is 0 Å². The molecular weight excluding hydrogens is 456 g/mol. The van der Waals surface area contributed by atoms with Gasteiger partial charge in [-0.25, -0.2) is 4.79 Å². The summed E-state index contributed by atoms with van der Waals surface area (Å²) in [5.41, 5.74) is 2.66. The van der Waals surface area contributed by atoms with Crippen LogP contribution in [0.4, 0.5) is 0 Å². The van der Waals surface area contributed by atoms with Gasteiger partial charge in [0, 0.05) is 17.7 Å². The number of carbonyl (C=O) groups excluding carboxylic acids is 3. The maximum absolute atomic E-state index is 13.3. The number of esters is 1. The molecule has 1 aliphatic heterocycles. The standard InChI is InChI=1S/C29H24N2O5/c1-3-35-29(34)22-11-9-21(10-12-22)26-14-13-23(36-26)17-24-19(2)25(18-30)28(33)31(27(24)32)16-15-20-7-5-4-6-8-20/h4-14,17H,3,15-16H2,1-2H3/b24-17+. The SMILES string of the molecule is CCOC(=O)c1ccc(-c2ccc(/C=C3/C(=O)N(CCc4ccccc4)C(=O)C(C#N)=C3C)o2)cc1. The van der Waals surface area contributed by atoms with E-state index in [4.69, 9.17) is 9.15 Å². The van der Waals surface area contributed by atoms with Gasteiger partial charge in [0.2, 0.25) is 0 Å². The van der Waals surface area contributed by atoms with Crippen molar-refractivity contribution in [1.82, 2.24) is 4.90 Å². The van der Waals surface area contributed by atoms with Crippen LogP contribution in [-0.4, -0.2) is 35.8 Å². The molecule has 2 aromatic carbocycles. The Balaban J connectivity index is 1.59. The molecule has 4 rings (SSSR count). The minimum absolute atomic E-state index is 0.0600. The third-order valence-electron chi connectivity index (χ3n) is 5.89. The summed E-state index contributed by atoms with van der Waals surface area (Å²) in [6.45, 7) is 3.80. The third-order valence-corrected chi connectivity index (χ3v) is 5.89. The number of amides is 2. The summed E-state index contributed by atoms with van der Waals surface area (Å²) in [6, 6.07) is 21.7. The van der Waals surface area contributed by atoms with Gasteiger partial charge in [-0.1, -0.05) is 42.5 Å². The first-order valence-corrected chi connectivity index (χ1v) is 11.5. The van der Waals surface area contributed by atoms with E-state index in [1.807, 2.05) is 36.4 Å². The molecule has 0 atom stereocenters. The summed E-state index contributed by atoms with van der Waals surface area (Å²) < 4.78 is 10.9. The molecule has 1 aromatic heterocycles. The monoisotopic (exact) mass is 480 g/mol. The summed E-state index contributed by atoms with van der Waals surface area (Å²) in [7, 11) is 0. The molecule has 2 amide bonds. The van der Waals surface area contributed by atoms with Crippen LogP contribution in [0.1, 0.15) is 35.5 Å². The summed E-state index contributed by atoms with van der Waals surface area (Å²) in [5, 5.41) is 9.60. The van der Waals surface area contributed by atoms with Gasteiger partial charge in [0.25, 0.3) is 11.8 Å². The Hall–Kier alpha value is -4.70. The summed E-state index contributed by atoms with van der Waals surface area (Å²) in [5.74, 6) is -0.512. The highest BCUT2D eigenvalue weighted by molar-refractivity contribution is 6.19. The van der Waals surface area contributed by atoms with E-state index in [1.54, 1.807) is 56.3 Å². The fourth-order valence-electron chi connectivity index (χ4n) is 3.93. The highest BCUT2D eigenvalue weighted by Gasteiger charge is 2.35. The van der Waals surface area contributed by atoms with E-state index in [1.165, 1.54) is 0 Å². The van der Waals surface area contributed by atoms with Gasteiger partial charge in [-0.15, -0.1) is 0 Å². The molecule has 0 saturated carbocycles. The number of rotatable bonds is 7. The predicted octanol–water partition coefficient (Wildman–Crippen LogP) is 4.96. The second kappa shape index (κ2) is 10.7. The molecule has 2 heterocycles. The number of carbonyl (C=O) groups is 3. The van der Waals surface area contributed by atoms with Crippen LogP contribution < -0.4 is 0 Å². The van der Waals surface area contributed by atoms with Crippen molar-refractivity contribution in [2.24, 2.45) is 0 Å². The molecule has 1 aliphatic rings. The smallest absolute Gasteiger partial charge is 0.338 e. The molecule has 0 N–H and O–H groups in total. The molecule has 0 radical (unpaired) electrons. The minimum Gasteiger partial charge on any atom is -0.462 e. The van der Waals surface area contributed by atoms with Crippen molar-refractivity contribution in [2.45, 2.75) is 20.3 Å². The van der Waals surface area contributed by atoms with Gasteiger partial charge < -0.3 is 9.15 Å². The Morgan fingerprint density at radius 2 is 1.75 bits per heavy atom. The number of hydrogen-bond donors (Lipinski definition) is 0. The van der Waals surface area contributed by atoms with Crippen molar-refractivity contribution in [2.75, 3.05) is 13.2 Å². The Labute approximate surface area is 208 Å². The summed E-state index contributed by atoms with van der Waals surface area (Å²) in [4.78, 5) is 39.1. The van der Waals surface area contributed by atoms with Gasteiger partial charge >= 0.3 is 5.97 Å². The summed E-state index contributed by atoms with van der Waals surface area (Å²) >= 11 is 0. The molecule has 0 bridgehead atoms. The number of benzene rings is 2. The highest BCUT2D eigenvalue weighted by atomic mass is 16.5. The first-order valence-electron chi connectivity index (χ1n) is 11.5. The molecule has 180 valence electrons. The van der Waals surface area contributed by atoms with Crippen LogP contribution in [-0.2, 0) is 20.7 Å². The normalized spacial score (nSPS) is 14.8. The zero-order valence-corrected chi connectivity index (χ0v) is 20.0. The fraction of sp³-hybridized carbons (Fsp3) is 0.172. The maximum Gasteiger partial charge on any atom is 0.338 e. The van der Waals surface area contributed by atoms with Gasteiger partial charge in [-0.05, 0) is 61.7 Å². The van der Waals surface area contributed by atoms with E-state index in [0.29, 0.717) is 35.7 Å². The van der Waals surface area contributed by atoms with E-state index in [0.717, 1.165) is 16.0 Å². The lowest BCUT2D eigenvalue weighted by molar-refractivity contribution is -0.140. The predicted molar refractivity (Wildman–Crippen MR) is 133 cm³/mol. The lowest BCUT2D eigenvalue weighted by Gasteiger charge is -2.27. The average Bonchev–Trinajstić information content (AvgIpc) is 3.36. The van der Waals surface area contributed by atoms with Crippen LogP contribution in [0.5, 0.6) is 0 Å². The second-order valence-corrected chi connectivity index (χ2v) is 8.17. The van der Waals surface area contributed by atoms with E-state index < -0.39 is 17.8 Å². The maximum atomic E-state index is 13.3. The van der Waals surface area contributed by atoms with Crippen LogP contribution in [0.2, 0.25) is 0 Å². The zero-order chi connectivity index (χ0) is 25.7.